The van der Waals surface area contributed by atoms with Crippen LogP contribution in [0.2, 0.25) is 0 Å². The fourth-order valence-corrected chi connectivity index (χ4v) is 4.51. The number of thioether (sulfide) groups is 1. The van der Waals surface area contributed by atoms with Gasteiger partial charge in [0.1, 0.15) is 11.5 Å². The average molecular weight is 430 g/mol. The molecule has 158 valence electrons. The Morgan fingerprint density at radius 1 is 0.903 bits per heavy atom. The molecule has 1 unspecified atom stereocenters. The van der Waals surface area contributed by atoms with Crippen molar-refractivity contribution in [2.24, 2.45) is 0 Å². The molecule has 1 atom stereocenters. The summed E-state index contributed by atoms with van der Waals surface area (Å²) in [7, 11) is 0. The minimum absolute atomic E-state index is 0.517. The second kappa shape index (κ2) is 10.4. The van der Waals surface area contributed by atoms with E-state index >= 15 is 0 Å². The van der Waals surface area contributed by atoms with Gasteiger partial charge in [-0.1, -0.05) is 55.5 Å². The molecule has 4 rings (SSSR count). The van der Waals surface area contributed by atoms with E-state index in [1.807, 2.05) is 49.0 Å². The molecule has 0 amide bonds. The van der Waals surface area contributed by atoms with Gasteiger partial charge < -0.3 is 9.15 Å². The van der Waals surface area contributed by atoms with Crippen LogP contribution in [0.5, 0.6) is 5.75 Å². The Labute approximate surface area is 188 Å². The molecule has 3 aromatic carbocycles. The third-order valence-corrected chi connectivity index (χ3v) is 6.16. The Morgan fingerprint density at radius 3 is 2.29 bits per heavy atom. The lowest BCUT2D eigenvalue weighted by Crippen LogP contribution is -2.04. The Kier molecular flexibility index (Phi) is 7.11. The number of hydrogen-bond donors (Lipinski definition) is 0. The molecule has 0 N–H and O–H groups in total. The molecular formula is C27H27NO2S. The maximum atomic E-state index is 5.95. The molecule has 31 heavy (non-hydrogen) atoms. The number of nitrogens with zero attached hydrogens (tertiary/aromatic N) is 1. The van der Waals surface area contributed by atoms with Crippen molar-refractivity contribution in [3.63, 3.8) is 0 Å². The summed E-state index contributed by atoms with van der Waals surface area (Å²) in [6, 6.07) is 29.0. The quantitative estimate of drug-likeness (QED) is 0.268. The van der Waals surface area contributed by atoms with Gasteiger partial charge in [0.05, 0.1) is 12.3 Å². The fraction of sp³-hybridized carbons (Fsp3) is 0.222. The molecule has 1 aromatic heterocycles. The number of ether oxygens (including phenoxy) is 1. The Morgan fingerprint density at radius 2 is 1.58 bits per heavy atom. The first kappa shape index (κ1) is 21.3. The van der Waals surface area contributed by atoms with Gasteiger partial charge in [0.2, 0.25) is 5.89 Å². The SMILES string of the molecule is Cc1oc(-c2ccccc2)nc1CCOc1ccc(CC(C)Sc2ccccc2)cc1. The van der Waals surface area contributed by atoms with Gasteiger partial charge in [0.15, 0.2) is 0 Å². The highest BCUT2D eigenvalue weighted by Gasteiger charge is 2.11. The van der Waals surface area contributed by atoms with Crippen molar-refractivity contribution < 1.29 is 9.15 Å². The molecule has 0 aliphatic rings. The van der Waals surface area contributed by atoms with Crippen molar-refractivity contribution in [1.29, 1.82) is 0 Å². The zero-order valence-corrected chi connectivity index (χ0v) is 18.8. The van der Waals surface area contributed by atoms with Gasteiger partial charge in [-0.3, -0.25) is 0 Å². The van der Waals surface area contributed by atoms with Crippen molar-refractivity contribution in [3.05, 3.63) is 102 Å². The summed E-state index contributed by atoms with van der Waals surface area (Å²) in [5.41, 5.74) is 3.26. The predicted octanol–water partition coefficient (Wildman–Crippen LogP) is 6.99. The van der Waals surface area contributed by atoms with Gasteiger partial charge in [-0.05, 0) is 55.3 Å². The Balaban J connectivity index is 1.27. The summed E-state index contributed by atoms with van der Waals surface area (Å²) >= 11 is 1.91. The standard InChI is InChI=1S/C27H27NO2S/c1-20(31-25-11-7-4-8-12-25)19-22-13-15-24(16-14-22)29-18-17-26-21(2)30-27(28-26)23-9-5-3-6-10-23/h3-16,20H,17-19H2,1-2H3. The van der Waals surface area contributed by atoms with E-state index in [0.29, 0.717) is 24.2 Å². The minimum Gasteiger partial charge on any atom is -0.493 e. The highest BCUT2D eigenvalue weighted by molar-refractivity contribution is 7.99. The van der Waals surface area contributed by atoms with Gasteiger partial charge in [-0.25, -0.2) is 4.98 Å². The van der Waals surface area contributed by atoms with Crippen LogP contribution in [0.15, 0.2) is 94.2 Å². The normalized spacial score (nSPS) is 11.9. The molecule has 0 radical (unpaired) electrons. The summed E-state index contributed by atoms with van der Waals surface area (Å²) in [4.78, 5) is 5.96. The highest BCUT2D eigenvalue weighted by Crippen LogP contribution is 2.26. The monoisotopic (exact) mass is 429 g/mol. The Bertz CT molecular complexity index is 1080. The van der Waals surface area contributed by atoms with E-state index in [-0.39, 0.29) is 0 Å². The second-order valence-corrected chi connectivity index (χ2v) is 9.09. The largest absolute Gasteiger partial charge is 0.493 e. The van der Waals surface area contributed by atoms with Crippen molar-refractivity contribution in [2.45, 2.75) is 36.8 Å². The summed E-state index contributed by atoms with van der Waals surface area (Å²) in [6.07, 6.45) is 1.74. The van der Waals surface area contributed by atoms with Crippen LogP contribution in [0, 0.1) is 6.92 Å². The van der Waals surface area contributed by atoms with E-state index in [0.717, 1.165) is 29.2 Å². The molecule has 0 fully saturated rings. The first-order valence-electron chi connectivity index (χ1n) is 10.6. The lowest BCUT2D eigenvalue weighted by atomic mass is 10.1. The van der Waals surface area contributed by atoms with Crippen molar-refractivity contribution in [1.82, 2.24) is 4.98 Å². The Hall–Kier alpha value is -2.98. The zero-order chi connectivity index (χ0) is 21.5. The molecule has 0 bridgehead atoms. The van der Waals surface area contributed by atoms with Crippen molar-refractivity contribution in [3.8, 4) is 17.2 Å². The van der Waals surface area contributed by atoms with Gasteiger partial charge in [-0.2, -0.15) is 0 Å². The third kappa shape index (κ3) is 6.02. The number of hydrogen-bond acceptors (Lipinski definition) is 4. The van der Waals surface area contributed by atoms with Gasteiger partial charge in [0, 0.05) is 22.1 Å². The average Bonchev–Trinajstić information content (AvgIpc) is 3.17. The van der Waals surface area contributed by atoms with Crippen molar-refractivity contribution >= 4 is 11.8 Å². The van der Waals surface area contributed by atoms with Crippen LogP contribution in [-0.4, -0.2) is 16.8 Å². The van der Waals surface area contributed by atoms with E-state index in [9.17, 15) is 0 Å². The van der Waals surface area contributed by atoms with E-state index in [1.54, 1.807) is 0 Å². The van der Waals surface area contributed by atoms with Crippen LogP contribution in [0.4, 0.5) is 0 Å². The second-order valence-electron chi connectivity index (χ2n) is 7.58. The first-order chi connectivity index (χ1) is 15.2. The molecule has 0 saturated heterocycles. The fourth-order valence-electron chi connectivity index (χ4n) is 3.46. The van der Waals surface area contributed by atoms with E-state index in [1.165, 1.54) is 10.5 Å². The van der Waals surface area contributed by atoms with Gasteiger partial charge in [-0.15, -0.1) is 11.8 Å². The number of rotatable bonds is 9. The molecule has 1 heterocycles. The van der Waals surface area contributed by atoms with Crippen LogP contribution < -0.4 is 4.74 Å². The van der Waals surface area contributed by atoms with Crippen LogP contribution in [0.1, 0.15) is 23.9 Å². The maximum absolute atomic E-state index is 5.95. The molecule has 4 heteroatoms. The van der Waals surface area contributed by atoms with Crippen LogP contribution in [-0.2, 0) is 12.8 Å². The molecule has 4 aromatic rings. The van der Waals surface area contributed by atoms with E-state index in [2.05, 4.69) is 66.5 Å². The van der Waals surface area contributed by atoms with Crippen molar-refractivity contribution in [2.75, 3.05) is 6.61 Å². The highest BCUT2D eigenvalue weighted by atomic mass is 32.2. The lowest BCUT2D eigenvalue weighted by Gasteiger charge is -2.12. The third-order valence-electron chi connectivity index (χ3n) is 5.05. The first-order valence-corrected chi connectivity index (χ1v) is 11.5. The molecule has 0 aliphatic heterocycles. The zero-order valence-electron chi connectivity index (χ0n) is 18.0. The lowest BCUT2D eigenvalue weighted by molar-refractivity contribution is 0.320. The predicted molar refractivity (Wildman–Crippen MR) is 128 cm³/mol. The summed E-state index contributed by atoms with van der Waals surface area (Å²) in [5, 5.41) is 0.517. The molecule has 0 spiro atoms. The van der Waals surface area contributed by atoms with Crippen LogP contribution >= 0.6 is 11.8 Å². The maximum Gasteiger partial charge on any atom is 0.226 e. The van der Waals surface area contributed by atoms with E-state index < -0.39 is 0 Å². The number of benzene rings is 3. The smallest absolute Gasteiger partial charge is 0.226 e. The topological polar surface area (TPSA) is 35.3 Å². The van der Waals surface area contributed by atoms with Crippen LogP contribution in [0.3, 0.4) is 0 Å². The molecular weight excluding hydrogens is 402 g/mol. The summed E-state index contributed by atoms with van der Waals surface area (Å²) in [5.74, 6) is 2.40. The van der Waals surface area contributed by atoms with Crippen LogP contribution in [0.25, 0.3) is 11.5 Å². The number of oxazole rings is 1. The van der Waals surface area contributed by atoms with Gasteiger partial charge >= 0.3 is 0 Å². The molecule has 3 nitrogen and oxygen atoms in total. The molecule has 0 aliphatic carbocycles. The molecule has 0 saturated carbocycles. The number of aryl methyl sites for hydroxylation is 1. The summed E-state index contributed by atoms with van der Waals surface area (Å²) < 4.78 is 11.8. The van der Waals surface area contributed by atoms with E-state index in [4.69, 9.17) is 9.15 Å². The van der Waals surface area contributed by atoms with Gasteiger partial charge in [0.25, 0.3) is 0 Å². The minimum atomic E-state index is 0.517. The number of aromatic nitrogens is 1. The summed E-state index contributed by atoms with van der Waals surface area (Å²) in [6.45, 7) is 4.80.